The van der Waals surface area contributed by atoms with Gasteiger partial charge in [0.05, 0.1) is 9.82 Å². The number of halogens is 1. The Kier molecular flexibility index (Phi) is 8.60. The minimum absolute atomic E-state index is 0. The van der Waals surface area contributed by atoms with Crippen LogP contribution in [-0.4, -0.2) is 55.8 Å². The Morgan fingerprint density at radius 1 is 1.33 bits per heavy atom. The Hall–Kier alpha value is -1.75. The van der Waals surface area contributed by atoms with Crippen LogP contribution >= 0.6 is 12.4 Å². The van der Waals surface area contributed by atoms with E-state index in [1.807, 2.05) is 6.92 Å². The molecule has 1 aliphatic rings. The fourth-order valence-corrected chi connectivity index (χ4v) is 4.46. The first-order valence-electron chi connectivity index (χ1n) is 8.48. The summed E-state index contributed by atoms with van der Waals surface area (Å²) in [6.07, 6.45) is 1.89. The van der Waals surface area contributed by atoms with Crippen LogP contribution in [0.2, 0.25) is 0 Å². The van der Waals surface area contributed by atoms with Gasteiger partial charge in [-0.2, -0.15) is 4.31 Å². The van der Waals surface area contributed by atoms with E-state index in [-0.39, 0.29) is 41.5 Å². The molecular formula is C16H25ClN4O5S. The lowest BCUT2D eigenvalue weighted by Gasteiger charge is -2.33. The summed E-state index contributed by atoms with van der Waals surface area (Å²) in [4.78, 5) is 22.6. The molecule has 27 heavy (non-hydrogen) atoms. The van der Waals surface area contributed by atoms with E-state index in [1.165, 1.54) is 16.4 Å². The highest BCUT2D eigenvalue weighted by molar-refractivity contribution is 7.89. The van der Waals surface area contributed by atoms with Crippen molar-refractivity contribution in [2.45, 2.75) is 43.2 Å². The number of likely N-dealkylation sites (N-methyl/N-ethyl adjacent to an activating group) is 1. The first kappa shape index (κ1) is 23.3. The highest BCUT2D eigenvalue weighted by Crippen LogP contribution is 2.26. The second-order valence-corrected chi connectivity index (χ2v) is 8.20. The van der Waals surface area contributed by atoms with E-state index < -0.39 is 21.0 Å². The monoisotopic (exact) mass is 420 g/mol. The van der Waals surface area contributed by atoms with Gasteiger partial charge in [0, 0.05) is 31.3 Å². The summed E-state index contributed by atoms with van der Waals surface area (Å²) in [5.41, 5.74) is -0.182. The van der Waals surface area contributed by atoms with Gasteiger partial charge < -0.3 is 10.6 Å². The highest BCUT2D eigenvalue weighted by Gasteiger charge is 2.37. The van der Waals surface area contributed by atoms with Crippen molar-refractivity contribution in [2.24, 2.45) is 0 Å². The molecule has 11 heteroatoms. The quantitative estimate of drug-likeness (QED) is 0.506. The van der Waals surface area contributed by atoms with Gasteiger partial charge in [-0.15, -0.1) is 12.4 Å². The number of piperidine rings is 1. The van der Waals surface area contributed by atoms with E-state index in [1.54, 1.807) is 7.05 Å². The third kappa shape index (κ3) is 5.61. The first-order chi connectivity index (χ1) is 12.3. The minimum Gasteiger partial charge on any atom is -0.353 e. The van der Waals surface area contributed by atoms with Crippen LogP contribution in [0.3, 0.4) is 0 Å². The van der Waals surface area contributed by atoms with Crippen LogP contribution in [0, 0.1) is 10.1 Å². The molecule has 1 fully saturated rings. The molecule has 9 nitrogen and oxygen atoms in total. The molecule has 1 saturated heterocycles. The summed E-state index contributed by atoms with van der Waals surface area (Å²) in [5.74, 6) is -0.322. The van der Waals surface area contributed by atoms with Crippen LogP contribution in [0.5, 0.6) is 0 Å². The van der Waals surface area contributed by atoms with Crippen molar-refractivity contribution in [2.75, 3.05) is 20.1 Å². The first-order valence-corrected chi connectivity index (χ1v) is 9.92. The molecule has 0 aliphatic carbocycles. The number of nitrogens with one attached hydrogen (secondary N) is 2. The Bertz CT molecular complexity index is 757. The number of nitro benzene ring substituents is 1. The molecule has 2 N–H and O–H groups in total. The lowest BCUT2D eigenvalue weighted by molar-refractivity contribution is -0.384. The van der Waals surface area contributed by atoms with Crippen LogP contribution < -0.4 is 10.6 Å². The van der Waals surface area contributed by atoms with Gasteiger partial charge in [-0.25, -0.2) is 8.42 Å². The van der Waals surface area contributed by atoms with Crippen LogP contribution in [0.15, 0.2) is 29.2 Å². The number of hydrogen-bond acceptors (Lipinski definition) is 6. The molecule has 2 rings (SSSR count). The average molecular weight is 421 g/mol. The lowest BCUT2D eigenvalue weighted by atomic mass is 10.0. The van der Waals surface area contributed by atoms with Gasteiger partial charge in [0.2, 0.25) is 15.9 Å². The molecule has 1 heterocycles. The summed E-state index contributed by atoms with van der Waals surface area (Å²) < 4.78 is 27.1. The highest BCUT2D eigenvalue weighted by atomic mass is 35.5. The van der Waals surface area contributed by atoms with E-state index in [9.17, 15) is 23.3 Å². The number of carbonyl (C=O) groups excluding carboxylic acids is 1. The van der Waals surface area contributed by atoms with Gasteiger partial charge in [0.25, 0.3) is 5.69 Å². The predicted molar refractivity (Wildman–Crippen MR) is 103 cm³/mol. The van der Waals surface area contributed by atoms with Crippen molar-refractivity contribution in [1.29, 1.82) is 0 Å². The molecule has 1 aromatic carbocycles. The third-order valence-corrected chi connectivity index (χ3v) is 6.41. The van der Waals surface area contributed by atoms with Crippen LogP contribution in [0.1, 0.15) is 26.2 Å². The molecule has 2 atom stereocenters. The van der Waals surface area contributed by atoms with Gasteiger partial charge in [-0.05, 0) is 38.9 Å². The van der Waals surface area contributed by atoms with Crippen molar-refractivity contribution in [3.63, 3.8) is 0 Å². The van der Waals surface area contributed by atoms with Crippen molar-refractivity contribution in [1.82, 2.24) is 14.9 Å². The summed E-state index contributed by atoms with van der Waals surface area (Å²) in [6, 6.07) is 4.02. The van der Waals surface area contributed by atoms with Crippen LogP contribution in [0.4, 0.5) is 5.69 Å². The molecule has 1 amide bonds. The molecule has 152 valence electrons. The Balaban J connectivity index is 0.00000364. The largest absolute Gasteiger partial charge is 0.353 e. The zero-order chi connectivity index (χ0) is 19.3. The Morgan fingerprint density at radius 3 is 2.52 bits per heavy atom. The molecular weight excluding hydrogens is 396 g/mol. The zero-order valence-electron chi connectivity index (χ0n) is 15.3. The lowest BCUT2D eigenvalue weighted by Crippen LogP contribution is -2.53. The third-order valence-electron chi connectivity index (χ3n) is 4.49. The Morgan fingerprint density at radius 2 is 1.96 bits per heavy atom. The average Bonchev–Trinajstić information content (AvgIpc) is 2.65. The van der Waals surface area contributed by atoms with E-state index in [4.69, 9.17) is 0 Å². The van der Waals surface area contributed by atoms with Crippen LogP contribution in [0.25, 0.3) is 0 Å². The SMILES string of the molecule is CNC(C)CNC(=O)C1CCCCN1S(=O)(=O)c1ccc([N+](=O)[O-])cc1.Cl. The fourth-order valence-electron chi connectivity index (χ4n) is 2.80. The minimum atomic E-state index is -3.91. The molecule has 0 saturated carbocycles. The standard InChI is InChI=1S/C16H24N4O5S.ClH/c1-12(17-2)11-18-16(21)15-5-3-4-10-19(15)26(24,25)14-8-6-13(7-9-14)20(22)23;/h6-9,12,15,17H,3-5,10-11H2,1-2H3,(H,18,21);1H. The van der Waals surface area contributed by atoms with Crippen LogP contribution in [-0.2, 0) is 14.8 Å². The van der Waals surface area contributed by atoms with E-state index in [0.29, 0.717) is 19.4 Å². The summed E-state index contributed by atoms with van der Waals surface area (Å²) in [6.45, 7) is 2.56. The maximum absolute atomic E-state index is 12.9. The van der Waals surface area contributed by atoms with E-state index in [0.717, 1.165) is 18.6 Å². The van der Waals surface area contributed by atoms with Gasteiger partial charge in [0.15, 0.2) is 0 Å². The predicted octanol–water partition coefficient (Wildman–Crippen LogP) is 1.28. The number of amides is 1. The van der Waals surface area contributed by atoms with Crippen molar-refractivity contribution in [3.05, 3.63) is 34.4 Å². The second-order valence-electron chi connectivity index (χ2n) is 6.31. The number of carbonyl (C=O) groups is 1. The maximum Gasteiger partial charge on any atom is 0.269 e. The molecule has 1 aliphatic heterocycles. The maximum atomic E-state index is 12.9. The summed E-state index contributed by atoms with van der Waals surface area (Å²) in [5, 5.41) is 16.5. The van der Waals surface area contributed by atoms with Gasteiger partial charge in [0.1, 0.15) is 6.04 Å². The van der Waals surface area contributed by atoms with E-state index >= 15 is 0 Å². The summed E-state index contributed by atoms with van der Waals surface area (Å²) >= 11 is 0. The number of nitrogens with zero attached hydrogens (tertiary/aromatic N) is 2. The number of hydrogen-bond donors (Lipinski definition) is 2. The molecule has 1 aromatic rings. The number of benzene rings is 1. The summed E-state index contributed by atoms with van der Waals surface area (Å²) in [7, 11) is -2.13. The van der Waals surface area contributed by atoms with Crippen molar-refractivity contribution < 1.29 is 18.1 Å². The number of non-ortho nitro benzene ring substituents is 1. The Labute approximate surface area is 165 Å². The number of sulfonamides is 1. The molecule has 0 aromatic heterocycles. The fraction of sp³-hybridized carbons (Fsp3) is 0.562. The topological polar surface area (TPSA) is 122 Å². The normalized spacial score (nSPS) is 19.0. The van der Waals surface area contributed by atoms with E-state index in [2.05, 4.69) is 10.6 Å². The zero-order valence-corrected chi connectivity index (χ0v) is 16.9. The molecule has 0 bridgehead atoms. The van der Waals surface area contributed by atoms with Crippen molar-refractivity contribution in [3.8, 4) is 0 Å². The number of nitro groups is 1. The van der Waals surface area contributed by atoms with Gasteiger partial charge in [-0.1, -0.05) is 6.42 Å². The molecule has 0 spiro atoms. The van der Waals surface area contributed by atoms with Gasteiger partial charge >= 0.3 is 0 Å². The van der Waals surface area contributed by atoms with Crippen molar-refractivity contribution >= 4 is 34.0 Å². The number of rotatable bonds is 7. The molecule has 0 radical (unpaired) electrons. The smallest absolute Gasteiger partial charge is 0.269 e. The molecule has 2 unspecified atom stereocenters. The van der Waals surface area contributed by atoms with Gasteiger partial charge in [-0.3, -0.25) is 14.9 Å². The second kappa shape index (κ2) is 9.98.